The highest BCUT2D eigenvalue weighted by Gasteiger charge is 2.20. The molecule has 0 aromatic heterocycles. The molecular formula is C15H23ClN2. The monoisotopic (exact) mass is 266 g/mol. The maximum absolute atomic E-state index is 6.22. The van der Waals surface area contributed by atoms with E-state index in [0.29, 0.717) is 0 Å². The first-order valence-corrected chi connectivity index (χ1v) is 7.29. The van der Waals surface area contributed by atoms with Gasteiger partial charge in [0.2, 0.25) is 0 Å². The smallest absolute Gasteiger partial charge is 0.0415 e. The van der Waals surface area contributed by atoms with Crippen LogP contribution in [0.15, 0.2) is 18.2 Å². The third kappa shape index (κ3) is 2.99. The third-order valence-electron chi connectivity index (χ3n) is 3.83. The molecule has 3 heteroatoms. The normalized spacial score (nSPS) is 22.0. The highest BCUT2D eigenvalue weighted by Crippen LogP contribution is 2.32. The second-order valence-corrected chi connectivity index (χ2v) is 5.85. The van der Waals surface area contributed by atoms with Crippen LogP contribution in [0.4, 0.5) is 5.69 Å². The summed E-state index contributed by atoms with van der Waals surface area (Å²) in [6.45, 7) is 6.70. The lowest BCUT2D eigenvalue weighted by molar-refractivity contribution is 0.445. The minimum Gasteiger partial charge on any atom is -0.371 e. The van der Waals surface area contributed by atoms with Crippen molar-refractivity contribution in [1.82, 2.24) is 0 Å². The molecule has 1 aromatic carbocycles. The Morgan fingerprint density at radius 3 is 2.94 bits per heavy atom. The molecule has 2 N–H and O–H groups in total. The van der Waals surface area contributed by atoms with E-state index in [9.17, 15) is 0 Å². The van der Waals surface area contributed by atoms with E-state index in [1.54, 1.807) is 0 Å². The summed E-state index contributed by atoms with van der Waals surface area (Å²) >= 11 is 6.11. The zero-order valence-electron chi connectivity index (χ0n) is 11.3. The molecule has 0 saturated carbocycles. The maximum Gasteiger partial charge on any atom is 0.0415 e. The molecule has 2 atom stereocenters. The Morgan fingerprint density at radius 2 is 2.28 bits per heavy atom. The van der Waals surface area contributed by atoms with Gasteiger partial charge in [0.05, 0.1) is 0 Å². The first kappa shape index (κ1) is 13.7. The van der Waals surface area contributed by atoms with E-state index < -0.39 is 0 Å². The van der Waals surface area contributed by atoms with Crippen molar-refractivity contribution in [3.63, 3.8) is 0 Å². The van der Waals surface area contributed by atoms with Gasteiger partial charge >= 0.3 is 0 Å². The first-order chi connectivity index (χ1) is 8.61. The molecule has 18 heavy (non-hydrogen) atoms. The second-order valence-electron chi connectivity index (χ2n) is 5.41. The largest absolute Gasteiger partial charge is 0.371 e. The minimum atomic E-state index is 0.0796. The molecular weight excluding hydrogens is 244 g/mol. The van der Waals surface area contributed by atoms with Crippen LogP contribution in [-0.2, 0) is 0 Å². The zero-order valence-corrected chi connectivity index (χ0v) is 12.1. The molecule has 100 valence electrons. The number of hydrogen-bond donors (Lipinski definition) is 1. The number of nitrogens with two attached hydrogens (primary N) is 1. The number of piperidine rings is 1. The minimum absolute atomic E-state index is 0.0796. The van der Waals surface area contributed by atoms with Crippen LogP contribution in [0.5, 0.6) is 0 Å². The quantitative estimate of drug-likeness (QED) is 0.896. The summed E-state index contributed by atoms with van der Waals surface area (Å²) in [4.78, 5) is 2.47. The van der Waals surface area contributed by atoms with Gasteiger partial charge in [-0.1, -0.05) is 25.4 Å². The van der Waals surface area contributed by atoms with Crippen LogP contribution < -0.4 is 10.6 Å². The molecule has 1 heterocycles. The summed E-state index contributed by atoms with van der Waals surface area (Å²) in [5.74, 6) is 0.764. The third-order valence-corrected chi connectivity index (χ3v) is 4.06. The van der Waals surface area contributed by atoms with E-state index in [4.69, 9.17) is 17.3 Å². The van der Waals surface area contributed by atoms with Gasteiger partial charge < -0.3 is 10.6 Å². The van der Waals surface area contributed by atoms with E-state index in [1.807, 2.05) is 12.1 Å². The Morgan fingerprint density at radius 1 is 1.50 bits per heavy atom. The Labute approximate surface area is 115 Å². The van der Waals surface area contributed by atoms with Gasteiger partial charge in [-0.25, -0.2) is 0 Å². The molecule has 1 fully saturated rings. The Hall–Kier alpha value is -0.730. The van der Waals surface area contributed by atoms with Gasteiger partial charge in [0.15, 0.2) is 0 Å². The van der Waals surface area contributed by atoms with Crippen LogP contribution in [0.1, 0.15) is 44.7 Å². The van der Waals surface area contributed by atoms with E-state index in [1.165, 1.54) is 24.1 Å². The number of anilines is 1. The summed E-state index contributed by atoms with van der Waals surface area (Å²) in [6.07, 6.45) is 3.54. The van der Waals surface area contributed by atoms with Crippen LogP contribution in [0.25, 0.3) is 0 Å². The van der Waals surface area contributed by atoms with Crippen molar-refractivity contribution in [1.29, 1.82) is 0 Å². The molecule has 2 nitrogen and oxygen atoms in total. The van der Waals surface area contributed by atoms with Crippen molar-refractivity contribution in [2.75, 3.05) is 18.0 Å². The summed E-state index contributed by atoms with van der Waals surface area (Å²) in [6, 6.07) is 6.22. The molecule has 1 aliphatic heterocycles. The van der Waals surface area contributed by atoms with Gasteiger partial charge in [-0.15, -0.1) is 0 Å². The summed E-state index contributed by atoms with van der Waals surface area (Å²) in [5.41, 5.74) is 8.69. The number of nitrogens with zero attached hydrogens (tertiary/aromatic N) is 1. The van der Waals surface area contributed by atoms with Crippen LogP contribution in [0.2, 0.25) is 5.02 Å². The van der Waals surface area contributed by atoms with Crippen LogP contribution >= 0.6 is 11.6 Å². The van der Waals surface area contributed by atoms with Gasteiger partial charge in [0.25, 0.3) is 0 Å². The van der Waals surface area contributed by atoms with Crippen LogP contribution in [0.3, 0.4) is 0 Å². The van der Waals surface area contributed by atoms with Crippen molar-refractivity contribution in [3.05, 3.63) is 28.8 Å². The standard InChI is InChI=1S/C15H23ClN2/c1-3-14(17)13-9-12(16)6-7-15(13)18-8-4-5-11(2)10-18/h6-7,9,11,14H,3-5,8,10,17H2,1-2H3/t11-,14+/m1/s1. The average molecular weight is 267 g/mol. The molecule has 0 aliphatic carbocycles. The Bertz CT molecular complexity index is 405. The molecule has 0 radical (unpaired) electrons. The summed E-state index contributed by atoms with van der Waals surface area (Å²) in [7, 11) is 0. The van der Waals surface area contributed by atoms with Gasteiger partial charge in [0, 0.05) is 29.8 Å². The summed E-state index contributed by atoms with van der Waals surface area (Å²) < 4.78 is 0. The molecule has 0 amide bonds. The van der Waals surface area contributed by atoms with Crippen molar-refractivity contribution in [3.8, 4) is 0 Å². The lowest BCUT2D eigenvalue weighted by Crippen LogP contribution is -2.35. The van der Waals surface area contributed by atoms with Crippen molar-refractivity contribution in [2.45, 2.75) is 39.2 Å². The van der Waals surface area contributed by atoms with Gasteiger partial charge in [0.1, 0.15) is 0 Å². The molecule has 1 aromatic rings. The van der Waals surface area contributed by atoms with Crippen molar-refractivity contribution < 1.29 is 0 Å². The van der Waals surface area contributed by atoms with E-state index >= 15 is 0 Å². The number of rotatable bonds is 3. The lowest BCUT2D eigenvalue weighted by atomic mass is 9.97. The molecule has 0 unspecified atom stereocenters. The Balaban J connectivity index is 2.30. The Kier molecular flexibility index (Phi) is 4.52. The number of benzene rings is 1. The van der Waals surface area contributed by atoms with E-state index in [2.05, 4.69) is 24.8 Å². The van der Waals surface area contributed by atoms with Crippen LogP contribution in [-0.4, -0.2) is 13.1 Å². The lowest BCUT2D eigenvalue weighted by Gasteiger charge is -2.35. The molecule has 0 spiro atoms. The van der Waals surface area contributed by atoms with Crippen molar-refractivity contribution >= 4 is 17.3 Å². The number of hydrogen-bond acceptors (Lipinski definition) is 2. The van der Waals surface area contributed by atoms with Gasteiger partial charge in [-0.2, -0.15) is 0 Å². The fraction of sp³-hybridized carbons (Fsp3) is 0.600. The second kappa shape index (κ2) is 5.94. The zero-order chi connectivity index (χ0) is 13.1. The highest BCUT2D eigenvalue weighted by molar-refractivity contribution is 6.30. The van der Waals surface area contributed by atoms with Gasteiger partial charge in [-0.05, 0) is 48.9 Å². The van der Waals surface area contributed by atoms with Crippen molar-refractivity contribution in [2.24, 2.45) is 11.7 Å². The predicted molar refractivity (Wildman–Crippen MR) is 79.3 cm³/mol. The average Bonchev–Trinajstić information content (AvgIpc) is 2.37. The SMILES string of the molecule is CC[C@H](N)c1cc(Cl)ccc1N1CCC[C@@H](C)C1. The molecule has 1 aliphatic rings. The van der Waals surface area contributed by atoms with Gasteiger partial charge in [-0.3, -0.25) is 0 Å². The topological polar surface area (TPSA) is 29.3 Å². The fourth-order valence-electron chi connectivity index (χ4n) is 2.74. The molecule has 0 bridgehead atoms. The van der Waals surface area contributed by atoms with E-state index in [-0.39, 0.29) is 6.04 Å². The molecule has 2 rings (SSSR count). The predicted octanol–water partition coefficient (Wildman–Crippen LogP) is 3.99. The van der Waals surface area contributed by atoms with Crippen LogP contribution in [0, 0.1) is 5.92 Å². The van der Waals surface area contributed by atoms with E-state index in [0.717, 1.165) is 30.5 Å². The fourth-order valence-corrected chi connectivity index (χ4v) is 2.92. The maximum atomic E-state index is 6.22. The molecule has 1 saturated heterocycles. The summed E-state index contributed by atoms with van der Waals surface area (Å²) in [5, 5.41) is 0.780. The highest BCUT2D eigenvalue weighted by atomic mass is 35.5. The number of halogens is 1. The first-order valence-electron chi connectivity index (χ1n) is 6.91.